The Balaban J connectivity index is 1.46. The summed E-state index contributed by atoms with van der Waals surface area (Å²) in [4.78, 5) is 29.6. The van der Waals surface area contributed by atoms with Crippen LogP contribution in [0.1, 0.15) is 47.1 Å². The third kappa shape index (κ3) is 10.2. The minimum absolute atomic E-state index is 0.0814. The Morgan fingerprint density at radius 3 is 2.67 bits per heavy atom. The van der Waals surface area contributed by atoms with Crippen LogP contribution in [0.2, 0.25) is 0 Å². The number of carbonyl (C=O) groups is 1. The van der Waals surface area contributed by atoms with Crippen LogP contribution in [0.15, 0.2) is 59.1 Å². The summed E-state index contributed by atoms with van der Waals surface area (Å²) in [5.41, 5.74) is 13.9. The summed E-state index contributed by atoms with van der Waals surface area (Å²) in [5, 5.41) is 19.7. The quantitative estimate of drug-likeness (QED) is 0.0532. The molecule has 0 aliphatic carbocycles. The number of hydrogen-bond acceptors (Lipinski definition) is 10. The van der Waals surface area contributed by atoms with Crippen LogP contribution in [-0.4, -0.2) is 78.0 Å². The molecule has 14 heteroatoms. The van der Waals surface area contributed by atoms with Crippen molar-refractivity contribution in [2.24, 2.45) is 16.5 Å². The lowest BCUT2D eigenvalue weighted by Crippen LogP contribution is -2.31. The number of nitrogens with zero attached hydrogens (tertiary/aromatic N) is 5. The molecule has 6 N–H and O–H groups in total. The summed E-state index contributed by atoms with van der Waals surface area (Å²) in [5.74, 6) is 4.61. The largest absolute Gasteiger partial charge is 0.491 e. The Kier molecular flexibility index (Phi) is 13.2. The molecule has 0 amide bonds. The topological polar surface area (TPSA) is 167 Å². The lowest BCUT2D eigenvalue weighted by molar-refractivity contribution is 0.0690. The van der Waals surface area contributed by atoms with Crippen LogP contribution in [0.5, 0.6) is 5.75 Å². The molecule has 0 spiro atoms. The monoisotopic (exact) mass is 690 g/mol. The first-order chi connectivity index (χ1) is 23.0. The van der Waals surface area contributed by atoms with Gasteiger partial charge in [0.15, 0.2) is 22.4 Å². The second-order valence-electron chi connectivity index (χ2n) is 11.0. The van der Waals surface area contributed by atoms with E-state index in [1.807, 2.05) is 43.3 Å². The van der Waals surface area contributed by atoms with Gasteiger partial charge in [-0.25, -0.2) is 24.1 Å². The number of ether oxygens (including phenoxy) is 1. The molecule has 4 rings (SSSR count). The number of amidine groups is 2. The van der Waals surface area contributed by atoms with Crippen molar-refractivity contribution in [2.75, 3.05) is 45.2 Å². The minimum atomic E-state index is -1.17. The Labute approximate surface area is 287 Å². The van der Waals surface area contributed by atoms with Crippen LogP contribution >= 0.6 is 22.7 Å². The number of thiazole rings is 2. The summed E-state index contributed by atoms with van der Waals surface area (Å²) in [7, 11) is 3.81. The van der Waals surface area contributed by atoms with Crippen LogP contribution in [-0.2, 0) is 6.42 Å². The second kappa shape index (κ2) is 17.5. The fourth-order valence-corrected chi connectivity index (χ4v) is 6.37. The predicted molar refractivity (Wildman–Crippen MR) is 193 cm³/mol. The van der Waals surface area contributed by atoms with E-state index in [9.17, 15) is 14.3 Å². The van der Waals surface area contributed by atoms with Crippen LogP contribution in [0.25, 0.3) is 10.2 Å². The minimum Gasteiger partial charge on any atom is -0.491 e. The smallest absolute Gasteiger partial charge is 0.355 e. The normalized spacial score (nSPS) is 11.9. The molecule has 0 saturated carbocycles. The number of aliphatic imine (C=N–C) groups is 1. The Morgan fingerprint density at radius 1 is 1.17 bits per heavy atom. The van der Waals surface area contributed by atoms with Gasteiger partial charge in [-0.1, -0.05) is 35.3 Å². The zero-order chi connectivity index (χ0) is 34.6. The van der Waals surface area contributed by atoms with Gasteiger partial charge in [0.2, 0.25) is 5.13 Å². The van der Waals surface area contributed by atoms with Gasteiger partial charge >= 0.3 is 5.97 Å². The highest BCUT2D eigenvalue weighted by molar-refractivity contribution is 7.22. The van der Waals surface area contributed by atoms with Crippen LogP contribution in [0.3, 0.4) is 0 Å². The van der Waals surface area contributed by atoms with Crippen molar-refractivity contribution < 1.29 is 19.0 Å². The lowest BCUT2D eigenvalue weighted by atomic mass is 10.2. The number of rotatable bonds is 15. The molecule has 0 atom stereocenters. The fraction of sp³-hybridized carbons (Fsp3) is 0.324. The molecule has 0 aliphatic rings. The van der Waals surface area contributed by atoms with Crippen LogP contribution < -0.4 is 21.1 Å². The predicted octanol–water partition coefficient (Wildman–Crippen LogP) is 5.67. The number of nitrogens with two attached hydrogens (primary N) is 2. The van der Waals surface area contributed by atoms with E-state index in [0.717, 1.165) is 16.6 Å². The molecule has 0 radical (unpaired) electrons. The molecule has 2 aromatic carbocycles. The maximum atomic E-state index is 14.6. The molecule has 0 bridgehead atoms. The first-order valence-electron chi connectivity index (χ1n) is 15.3. The third-order valence-corrected chi connectivity index (χ3v) is 8.94. The molecule has 2 aromatic heterocycles. The number of aryl methyl sites for hydroxylation is 1. The number of carboxylic acids is 1. The van der Waals surface area contributed by atoms with Gasteiger partial charge in [0.1, 0.15) is 11.7 Å². The van der Waals surface area contributed by atoms with E-state index < -0.39 is 11.8 Å². The van der Waals surface area contributed by atoms with Crippen molar-refractivity contribution in [3.63, 3.8) is 0 Å². The van der Waals surface area contributed by atoms with E-state index >= 15 is 0 Å². The number of hydrogen-bond donors (Lipinski definition) is 4. The van der Waals surface area contributed by atoms with Crippen molar-refractivity contribution in [2.45, 2.75) is 32.6 Å². The van der Waals surface area contributed by atoms with E-state index in [-0.39, 0.29) is 29.7 Å². The Hall–Kier alpha value is -4.68. The van der Waals surface area contributed by atoms with Gasteiger partial charge in [0.25, 0.3) is 0 Å². The summed E-state index contributed by atoms with van der Waals surface area (Å²) in [6, 6.07) is 12.3. The summed E-state index contributed by atoms with van der Waals surface area (Å²) < 4.78 is 21.2. The highest BCUT2D eigenvalue weighted by atomic mass is 32.1. The summed E-state index contributed by atoms with van der Waals surface area (Å²) in [6.45, 7) is 3.37. The average Bonchev–Trinajstić information content (AvgIpc) is 3.66. The number of fused-ring (bicyclic) bond motifs is 1. The molecular formula is C34H39FN8O3S2. The van der Waals surface area contributed by atoms with Gasteiger partial charge in [-0.3, -0.25) is 10.3 Å². The lowest BCUT2D eigenvalue weighted by Gasteiger charge is -2.21. The van der Waals surface area contributed by atoms with Gasteiger partial charge in [-0.2, -0.15) is 0 Å². The fourth-order valence-electron chi connectivity index (χ4n) is 4.39. The van der Waals surface area contributed by atoms with Crippen molar-refractivity contribution in [3.05, 3.63) is 76.1 Å². The number of carboxylic acid groups (broad SMARTS) is 1. The van der Waals surface area contributed by atoms with E-state index in [4.69, 9.17) is 21.6 Å². The van der Waals surface area contributed by atoms with Crippen molar-refractivity contribution in [1.82, 2.24) is 14.9 Å². The summed E-state index contributed by atoms with van der Waals surface area (Å²) in [6.07, 6.45) is 3.73. The molecule has 4 aromatic rings. The highest BCUT2D eigenvalue weighted by Crippen LogP contribution is 2.30. The van der Waals surface area contributed by atoms with E-state index in [1.54, 1.807) is 30.0 Å². The molecular weight excluding hydrogens is 652 g/mol. The Morgan fingerprint density at radius 2 is 1.96 bits per heavy atom. The SMILES string of the molecule is C/C(=C/C(=N)N(CCCCN)c1nc(C(=O)O)c(CCCOc2ccc(C#CCN(C)C)cc2F)s1)C(N)=Nc1nc2ccccc2s1. The highest BCUT2D eigenvalue weighted by Gasteiger charge is 2.22. The zero-order valence-electron chi connectivity index (χ0n) is 27.1. The number of halogens is 1. The number of nitrogens with one attached hydrogen (secondary N) is 1. The van der Waals surface area contributed by atoms with Crippen molar-refractivity contribution in [3.8, 4) is 17.6 Å². The number of aromatic nitrogens is 2. The summed E-state index contributed by atoms with van der Waals surface area (Å²) >= 11 is 2.62. The number of para-hydroxylation sites is 1. The van der Waals surface area contributed by atoms with Crippen LogP contribution in [0.4, 0.5) is 14.7 Å². The molecule has 0 saturated heterocycles. The first-order valence-corrected chi connectivity index (χ1v) is 16.9. The third-order valence-electron chi connectivity index (χ3n) is 6.87. The van der Waals surface area contributed by atoms with Gasteiger partial charge < -0.3 is 26.2 Å². The second-order valence-corrected chi connectivity index (χ2v) is 13.1. The number of benzene rings is 2. The average molecular weight is 691 g/mol. The van der Waals surface area contributed by atoms with Gasteiger partial charge in [-0.05, 0) is 95.2 Å². The van der Waals surface area contributed by atoms with Gasteiger partial charge in [0.05, 0.1) is 23.4 Å². The van der Waals surface area contributed by atoms with Crippen molar-refractivity contribution >= 4 is 60.8 Å². The standard InChI is InChI=1S/C34H39FN8O3S2/c1-22(31(38)41-33-39-25-11-4-5-12-27(25)47-33)20-29(37)43(18-7-6-16-36)34-40-30(32(44)45)28(48-34)13-9-19-46-26-15-14-23(21-24(26)35)10-8-17-42(2)3/h4-5,11-12,14-15,20-21,37H,6-7,9,13,16-19,36H2,1-3H3,(H,44,45)(H2,38,39,41)/b22-20-,37-29?. The van der Waals surface area contributed by atoms with E-state index in [1.165, 1.54) is 28.7 Å². The maximum absolute atomic E-state index is 14.6. The number of anilines is 1. The van der Waals surface area contributed by atoms with Gasteiger partial charge in [-0.15, -0.1) is 11.3 Å². The number of unbranched alkanes of at least 4 members (excludes halogenated alkanes) is 1. The van der Waals surface area contributed by atoms with Gasteiger partial charge in [0, 0.05) is 17.0 Å². The molecule has 0 aliphatic heterocycles. The number of aromatic carboxylic acids is 1. The molecule has 11 nitrogen and oxygen atoms in total. The molecule has 2 heterocycles. The van der Waals surface area contributed by atoms with Crippen LogP contribution in [0, 0.1) is 23.1 Å². The molecule has 0 fully saturated rings. The van der Waals surface area contributed by atoms with E-state index in [2.05, 4.69) is 26.8 Å². The first kappa shape index (κ1) is 36.2. The maximum Gasteiger partial charge on any atom is 0.355 e. The molecule has 48 heavy (non-hydrogen) atoms. The molecule has 252 valence electrons. The molecule has 0 unspecified atom stereocenters. The van der Waals surface area contributed by atoms with E-state index in [0.29, 0.717) is 65.2 Å². The van der Waals surface area contributed by atoms with Crippen molar-refractivity contribution in [1.29, 1.82) is 5.41 Å². The Bertz CT molecular complexity index is 1840. The zero-order valence-corrected chi connectivity index (χ0v) is 28.8.